The fourth-order valence-electron chi connectivity index (χ4n) is 4.16. The maximum Gasteiger partial charge on any atom is 0.270 e. The molecule has 1 amide bonds. The van der Waals surface area contributed by atoms with Crippen LogP contribution in [-0.4, -0.2) is 39.9 Å². The number of amides is 1. The van der Waals surface area contributed by atoms with E-state index in [1.54, 1.807) is 4.68 Å². The first kappa shape index (κ1) is 20.5. The number of aryl methyl sites for hydroxylation is 2. The quantitative estimate of drug-likeness (QED) is 0.517. The number of ether oxygens (including phenoxy) is 1. The number of hydrogen-bond donors (Lipinski definition) is 1. The van der Waals surface area contributed by atoms with Crippen molar-refractivity contribution in [2.45, 2.75) is 32.2 Å². The zero-order chi connectivity index (χ0) is 22.1. The summed E-state index contributed by atoms with van der Waals surface area (Å²) in [4.78, 5) is 17.5. The van der Waals surface area contributed by atoms with Crippen LogP contribution in [0.3, 0.4) is 0 Å². The van der Waals surface area contributed by atoms with E-state index in [1.165, 1.54) is 0 Å². The topological polar surface area (TPSA) is 82.2 Å². The van der Waals surface area contributed by atoms with E-state index in [9.17, 15) is 4.79 Å². The van der Waals surface area contributed by atoms with Gasteiger partial charge < -0.3 is 14.5 Å². The highest BCUT2D eigenvalue weighted by molar-refractivity contribution is 5.95. The number of hydrogen-bond acceptors (Lipinski definition) is 5. The standard InChI is InChI=1S/C25H26N4O3/c1-16-11-22-24(32-16)19(13-23(28-22)25(30)27-21-7-9-31-10-8-21)12-17-3-5-18(6-4-17)20-14-26-29(2)15-20/h3-6,11,13-15,21H,7-10,12H2,1-2H3,(H,27,30). The number of furan rings is 1. The van der Waals surface area contributed by atoms with Gasteiger partial charge in [-0.15, -0.1) is 0 Å². The number of carbonyl (C=O) groups excluding carboxylic acids is 1. The smallest absolute Gasteiger partial charge is 0.270 e. The Balaban J connectivity index is 1.41. The first-order valence-corrected chi connectivity index (χ1v) is 10.9. The normalized spacial score (nSPS) is 14.7. The van der Waals surface area contributed by atoms with Crippen LogP contribution >= 0.6 is 0 Å². The average Bonchev–Trinajstić information content (AvgIpc) is 3.40. The number of aromatic nitrogens is 3. The molecule has 7 nitrogen and oxygen atoms in total. The molecule has 1 N–H and O–H groups in total. The van der Waals surface area contributed by atoms with Crippen molar-refractivity contribution in [3.63, 3.8) is 0 Å². The van der Waals surface area contributed by atoms with Crippen molar-refractivity contribution < 1.29 is 13.9 Å². The number of nitrogens with zero attached hydrogens (tertiary/aromatic N) is 3. The second kappa shape index (κ2) is 8.59. The van der Waals surface area contributed by atoms with Crippen LogP contribution in [-0.2, 0) is 18.2 Å². The molecule has 1 fully saturated rings. The maximum atomic E-state index is 12.9. The van der Waals surface area contributed by atoms with E-state index in [0.717, 1.165) is 46.4 Å². The molecule has 0 spiro atoms. The van der Waals surface area contributed by atoms with Gasteiger partial charge in [-0.05, 0) is 37.0 Å². The van der Waals surface area contributed by atoms with Crippen LogP contribution in [0.4, 0.5) is 0 Å². The number of benzene rings is 1. The van der Waals surface area contributed by atoms with Gasteiger partial charge in [-0.2, -0.15) is 5.10 Å². The minimum Gasteiger partial charge on any atom is -0.459 e. The SMILES string of the molecule is Cc1cc2nc(C(=O)NC3CCOCC3)cc(Cc3ccc(-c4cnn(C)c4)cc3)c2o1. The van der Waals surface area contributed by atoms with Crippen LogP contribution in [0, 0.1) is 6.92 Å². The highest BCUT2D eigenvalue weighted by Crippen LogP contribution is 2.26. The van der Waals surface area contributed by atoms with Crippen molar-refractivity contribution in [3.8, 4) is 11.1 Å². The Morgan fingerprint density at radius 1 is 1.16 bits per heavy atom. The summed E-state index contributed by atoms with van der Waals surface area (Å²) in [5.41, 5.74) is 6.16. The number of fused-ring (bicyclic) bond motifs is 1. The Morgan fingerprint density at radius 3 is 2.66 bits per heavy atom. The summed E-state index contributed by atoms with van der Waals surface area (Å²) in [6, 6.07) is 12.3. The van der Waals surface area contributed by atoms with Crippen molar-refractivity contribution in [3.05, 3.63) is 71.4 Å². The molecule has 0 bridgehead atoms. The van der Waals surface area contributed by atoms with E-state index in [-0.39, 0.29) is 11.9 Å². The molecular weight excluding hydrogens is 404 g/mol. The highest BCUT2D eigenvalue weighted by atomic mass is 16.5. The Labute approximate surface area is 186 Å². The van der Waals surface area contributed by atoms with Gasteiger partial charge in [-0.3, -0.25) is 9.48 Å². The van der Waals surface area contributed by atoms with Crippen molar-refractivity contribution >= 4 is 17.0 Å². The minimum absolute atomic E-state index is 0.128. The minimum atomic E-state index is -0.147. The van der Waals surface area contributed by atoms with Crippen LogP contribution in [0.1, 0.15) is 40.2 Å². The van der Waals surface area contributed by atoms with Gasteiger partial charge >= 0.3 is 0 Å². The number of nitrogens with one attached hydrogen (secondary N) is 1. The molecule has 5 rings (SSSR count). The number of carbonyl (C=O) groups is 1. The van der Waals surface area contributed by atoms with Gasteiger partial charge in [0.25, 0.3) is 5.91 Å². The molecule has 1 saturated heterocycles. The second-order valence-corrected chi connectivity index (χ2v) is 8.37. The first-order chi connectivity index (χ1) is 15.5. The predicted octanol–water partition coefficient (Wildman–Crippen LogP) is 4.04. The van der Waals surface area contributed by atoms with Crippen molar-refractivity contribution in [2.24, 2.45) is 7.05 Å². The summed E-state index contributed by atoms with van der Waals surface area (Å²) in [6.07, 6.45) is 6.16. The van der Waals surface area contributed by atoms with Gasteiger partial charge in [-0.25, -0.2) is 4.98 Å². The van der Waals surface area contributed by atoms with Gasteiger partial charge in [0.15, 0.2) is 5.58 Å². The zero-order valence-corrected chi connectivity index (χ0v) is 18.3. The molecule has 0 saturated carbocycles. The van der Waals surface area contributed by atoms with Crippen LogP contribution in [0.15, 0.2) is 53.2 Å². The van der Waals surface area contributed by atoms with Crippen molar-refractivity contribution in [1.82, 2.24) is 20.1 Å². The Hall–Kier alpha value is -3.45. The summed E-state index contributed by atoms with van der Waals surface area (Å²) in [7, 11) is 1.91. The highest BCUT2D eigenvalue weighted by Gasteiger charge is 2.20. The lowest BCUT2D eigenvalue weighted by atomic mass is 10.0. The third-order valence-electron chi connectivity index (χ3n) is 5.86. The van der Waals surface area contributed by atoms with E-state index >= 15 is 0 Å². The fraction of sp³-hybridized carbons (Fsp3) is 0.320. The molecule has 164 valence electrons. The molecule has 4 aromatic rings. The molecule has 4 heterocycles. The summed E-state index contributed by atoms with van der Waals surface area (Å²) in [6.45, 7) is 3.26. The van der Waals surface area contributed by atoms with Gasteiger partial charge in [0.2, 0.25) is 0 Å². The van der Waals surface area contributed by atoms with Crippen molar-refractivity contribution in [2.75, 3.05) is 13.2 Å². The van der Waals surface area contributed by atoms with Gasteiger partial charge in [0.1, 0.15) is 17.0 Å². The lowest BCUT2D eigenvalue weighted by molar-refractivity contribution is 0.0694. The van der Waals surface area contributed by atoms with E-state index in [4.69, 9.17) is 9.15 Å². The molecule has 3 aromatic heterocycles. The van der Waals surface area contributed by atoms with Gasteiger partial charge in [-0.1, -0.05) is 24.3 Å². The third kappa shape index (κ3) is 4.29. The molecule has 1 aliphatic heterocycles. The molecule has 0 aliphatic carbocycles. The molecule has 1 aliphatic rings. The fourth-order valence-corrected chi connectivity index (χ4v) is 4.16. The molecule has 0 atom stereocenters. The maximum absolute atomic E-state index is 12.9. The lowest BCUT2D eigenvalue weighted by Gasteiger charge is -2.23. The van der Waals surface area contributed by atoms with E-state index in [1.807, 2.05) is 38.5 Å². The van der Waals surface area contributed by atoms with Gasteiger partial charge in [0, 0.05) is 56.1 Å². The second-order valence-electron chi connectivity index (χ2n) is 8.37. The monoisotopic (exact) mass is 430 g/mol. The molecule has 32 heavy (non-hydrogen) atoms. The van der Waals surface area contributed by atoms with Gasteiger partial charge in [0.05, 0.1) is 6.20 Å². The third-order valence-corrected chi connectivity index (χ3v) is 5.86. The zero-order valence-electron chi connectivity index (χ0n) is 18.3. The number of rotatable bonds is 5. The molecule has 7 heteroatoms. The predicted molar refractivity (Wildman–Crippen MR) is 122 cm³/mol. The summed E-state index contributed by atoms with van der Waals surface area (Å²) in [5, 5.41) is 7.35. The van der Waals surface area contributed by atoms with E-state index in [0.29, 0.717) is 30.8 Å². The summed E-state index contributed by atoms with van der Waals surface area (Å²) >= 11 is 0. The number of pyridine rings is 1. The first-order valence-electron chi connectivity index (χ1n) is 10.9. The van der Waals surface area contributed by atoms with Crippen molar-refractivity contribution in [1.29, 1.82) is 0 Å². The molecular formula is C25H26N4O3. The Morgan fingerprint density at radius 2 is 1.94 bits per heavy atom. The Kier molecular flexibility index (Phi) is 5.49. The van der Waals surface area contributed by atoms with Crippen LogP contribution in [0.25, 0.3) is 22.2 Å². The van der Waals surface area contributed by atoms with E-state index < -0.39 is 0 Å². The van der Waals surface area contributed by atoms with Crippen LogP contribution in [0.2, 0.25) is 0 Å². The molecule has 0 radical (unpaired) electrons. The lowest BCUT2D eigenvalue weighted by Crippen LogP contribution is -2.39. The molecule has 1 aromatic carbocycles. The Bertz CT molecular complexity index is 1250. The molecule has 0 unspecified atom stereocenters. The summed E-state index contributed by atoms with van der Waals surface area (Å²) < 4.78 is 13.1. The average molecular weight is 431 g/mol. The van der Waals surface area contributed by atoms with Crippen LogP contribution in [0.5, 0.6) is 0 Å². The van der Waals surface area contributed by atoms with Crippen LogP contribution < -0.4 is 5.32 Å². The largest absolute Gasteiger partial charge is 0.459 e. The summed E-state index contributed by atoms with van der Waals surface area (Å²) in [5.74, 6) is 0.633. The van der Waals surface area contributed by atoms with E-state index in [2.05, 4.69) is 39.7 Å².